The van der Waals surface area contributed by atoms with Gasteiger partial charge in [0.05, 0.1) is 5.69 Å². The third-order valence-corrected chi connectivity index (χ3v) is 6.18. The lowest BCUT2D eigenvalue weighted by atomic mass is 9.86. The van der Waals surface area contributed by atoms with Gasteiger partial charge in [-0.1, -0.05) is 32.9 Å². The van der Waals surface area contributed by atoms with Crippen molar-refractivity contribution in [3.63, 3.8) is 0 Å². The predicted octanol–water partition coefficient (Wildman–Crippen LogP) is 2.82. The van der Waals surface area contributed by atoms with Crippen molar-refractivity contribution in [1.29, 1.82) is 0 Å². The molecule has 7 nitrogen and oxygen atoms in total. The molecule has 0 radical (unpaired) electrons. The van der Waals surface area contributed by atoms with Gasteiger partial charge in [0.15, 0.2) is 5.69 Å². The molecule has 2 unspecified atom stereocenters. The molecule has 1 aromatic heterocycles. The normalized spacial score (nSPS) is 21.3. The van der Waals surface area contributed by atoms with Crippen LogP contribution in [0.3, 0.4) is 0 Å². The maximum atomic E-state index is 13.4. The number of nitrogens with one attached hydrogen (secondary N) is 2. The molecule has 2 aliphatic rings. The Morgan fingerprint density at radius 2 is 1.97 bits per heavy atom. The summed E-state index contributed by atoms with van der Waals surface area (Å²) in [6.07, 6.45) is 9.86. The van der Waals surface area contributed by atoms with E-state index in [2.05, 4.69) is 39.3 Å². The van der Waals surface area contributed by atoms with Crippen LogP contribution >= 0.6 is 0 Å². The first-order valence-electron chi connectivity index (χ1n) is 11.2. The molecule has 1 aliphatic heterocycles. The van der Waals surface area contributed by atoms with E-state index in [9.17, 15) is 9.59 Å². The predicted molar refractivity (Wildman–Crippen MR) is 118 cm³/mol. The Labute approximate surface area is 180 Å². The number of aromatic nitrogens is 2. The highest BCUT2D eigenvalue weighted by Crippen LogP contribution is 2.31. The SMILES string of the molecule is CNC(=O)C(NC(=O)c1nc(C2CC=CCCC2)n2c1CN(C)CCC2)C(C)(C)C. The molecule has 166 valence electrons. The number of fused-ring (bicyclic) bond motifs is 1. The first-order chi connectivity index (χ1) is 14.2. The van der Waals surface area contributed by atoms with E-state index < -0.39 is 11.5 Å². The summed E-state index contributed by atoms with van der Waals surface area (Å²) in [5.74, 6) is 0.925. The summed E-state index contributed by atoms with van der Waals surface area (Å²) < 4.78 is 2.29. The van der Waals surface area contributed by atoms with Gasteiger partial charge in [0.25, 0.3) is 5.91 Å². The van der Waals surface area contributed by atoms with Crippen LogP contribution in [0.2, 0.25) is 0 Å². The van der Waals surface area contributed by atoms with Crippen molar-refractivity contribution in [3.05, 3.63) is 29.4 Å². The molecule has 0 fully saturated rings. The van der Waals surface area contributed by atoms with Gasteiger partial charge in [0.2, 0.25) is 5.91 Å². The minimum Gasteiger partial charge on any atom is -0.357 e. The summed E-state index contributed by atoms with van der Waals surface area (Å²) in [6, 6.07) is -0.625. The van der Waals surface area contributed by atoms with E-state index in [1.165, 1.54) is 0 Å². The zero-order valence-corrected chi connectivity index (χ0v) is 19.1. The fraction of sp³-hybridized carbons (Fsp3) is 0.696. The van der Waals surface area contributed by atoms with Crippen molar-refractivity contribution in [1.82, 2.24) is 25.1 Å². The Morgan fingerprint density at radius 3 is 2.67 bits per heavy atom. The second-order valence-corrected chi connectivity index (χ2v) is 9.73. The molecule has 0 saturated carbocycles. The van der Waals surface area contributed by atoms with Gasteiger partial charge in [-0.3, -0.25) is 9.59 Å². The minimum absolute atomic E-state index is 0.188. The number of allylic oxidation sites excluding steroid dienone is 2. The number of carbonyl (C=O) groups is 2. The lowest BCUT2D eigenvalue weighted by Crippen LogP contribution is -2.53. The Morgan fingerprint density at radius 1 is 1.20 bits per heavy atom. The third kappa shape index (κ3) is 4.94. The largest absolute Gasteiger partial charge is 0.357 e. The number of imidazole rings is 1. The van der Waals surface area contributed by atoms with Gasteiger partial charge in [-0.25, -0.2) is 4.98 Å². The van der Waals surface area contributed by atoms with Gasteiger partial charge < -0.3 is 20.1 Å². The van der Waals surface area contributed by atoms with E-state index in [-0.39, 0.29) is 11.8 Å². The molecule has 2 atom stereocenters. The van der Waals surface area contributed by atoms with Crippen molar-refractivity contribution in [2.45, 2.75) is 77.9 Å². The highest BCUT2D eigenvalue weighted by atomic mass is 16.2. The molecule has 7 heteroatoms. The molecule has 2 heterocycles. The molecule has 0 aromatic carbocycles. The average Bonchev–Trinajstić information content (AvgIpc) is 2.88. The van der Waals surface area contributed by atoms with Crippen molar-refractivity contribution < 1.29 is 9.59 Å². The summed E-state index contributed by atoms with van der Waals surface area (Å²) in [5.41, 5.74) is 1.04. The van der Waals surface area contributed by atoms with Gasteiger partial charge in [-0.2, -0.15) is 0 Å². The van der Waals surface area contributed by atoms with Crippen molar-refractivity contribution in [2.75, 3.05) is 20.6 Å². The summed E-state index contributed by atoms with van der Waals surface area (Å²) in [4.78, 5) is 33.0. The topological polar surface area (TPSA) is 79.3 Å². The molecule has 0 bridgehead atoms. The monoisotopic (exact) mass is 415 g/mol. The lowest BCUT2D eigenvalue weighted by Gasteiger charge is -2.29. The zero-order valence-electron chi connectivity index (χ0n) is 19.1. The van der Waals surface area contributed by atoms with Crippen LogP contribution in [0.5, 0.6) is 0 Å². The first kappa shape index (κ1) is 22.5. The molecule has 2 N–H and O–H groups in total. The van der Waals surface area contributed by atoms with E-state index in [1.54, 1.807) is 7.05 Å². The van der Waals surface area contributed by atoms with Gasteiger partial charge >= 0.3 is 0 Å². The number of hydrogen-bond acceptors (Lipinski definition) is 4. The quantitative estimate of drug-likeness (QED) is 0.741. The Kier molecular flexibility index (Phi) is 7.01. The fourth-order valence-corrected chi connectivity index (χ4v) is 4.47. The van der Waals surface area contributed by atoms with Crippen molar-refractivity contribution in [2.24, 2.45) is 5.41 Å². The third-order valence-electron chi connectivity index (χ3n) is 6.18. The van der Waals surface area contributed by atoms with Crippen LogP contribution in [-0.2, 0) is 17.9 Å². The van der Waals surface area contributed by atoms with Crippen molar-refractivity contribution >= 4 is 11.8 Å². The molecule has 0 spiro atoms. The summed E-state index contributed by atoms with van der Waals surface area (Å²) in [5, 5.41) is 5.66. The van der Waals surface area contributed by atoms with Crippen LogP contribution in [0.15, 0.2) is 12.2 Å². The van der Waals surface area contributed by atoms with Gasteiger partial charge in [-0.15, -0.1) is 0 Å². The number of nitrogens with zero attached hydrogens (tertiary/aromatic N) is 3. The van der Waals surface area contributed by atoms with Crippen LogP contribution in [-0.4, -0.2) is 52.9 Å². The Bertz CT molecular complexity index is 805. The molecule has 2 amide bonds. The Hall–Kier alpha value is -2.15. The van der Waals surface area contributed by atoms with Crippen molar-refractivity contribution in [3.8, 4) is 0 Å². The van der Waals surface area contributed by atoms with E-state index in [1.807, 2.05) is 20.8 Å². The van der Waals surface area contributed by atoms with Crippen LogP contribution in [0.4, 0.5) is 0 Å². The summed E-state index contributed by atoms with van der Waals surface area (Å²) in [7, 11) is 3.68. The second-order valence-electron chi connectivity index (χ2n) is 9.73. The van der Waals surface area contributed by atoms with E-state index in [0.29, 0.717) is 18.2 Å². The smallest absolute Gasteiger partial charge is 0.272 e. The molecular weight excluding hydrogens is 378 g/mol. The summed E-state index contributed by atoms with van der Waals surface area (Å²) >= 11 is 0. The molecule has 0 saturated heterocycles. The molecular formula is C23H37N5O2. The highest BCUT2D eigenvalue weighted by molar-refractivity contribution is 5.97. The molecule has 1 aliphatic carbocycles. The molecule has 3 rings (SSSR count). The number of carbonyl (C=O) groups excluding carboxylic acids is 2. The number of hydrogen-bond donors (Lipinski definition) is 2. The fourth-order valence-electron chi connectivity index (χ4n) is 4.47. The maximum absolute atomic E-state index is 13.4. The summed E-state index contributed by atoms with van der Waals surface area (Å²) in [6.45, 7) is 8.44. The minimum atomic E-state index is -0.625. The maximum Gasteiger partial charge on any atom is 0.272 e. The zero-order chi connectivity index (χ0) is 21.9. The standard InChI is InChI=1S/C23H37N5O2/c1-23(2,3)19(22(30)24-4)26-21(29)18-17-15-27(5)13-10-14-28(17)20(25-18)16-11-8-6-7-9-12-16/h6,8,16,19H,7,9-15H2,1-5H3,(H,24,30)(H,26,29). The van der Waals surface area contributed by atoms with Crippen LogP contribution in [0.1, 0.15) is 80.8 Å². The Balaban J connectivity index is 1.98. The van der Waals surface area contributed by atoms with Gasteiger partial charge in [0.1, 0.15) is 11.9 Å². The van der Waals surface area contributed by atoms with Crippen LogP contribution in [0, 0.1) is 5.41 Å². The number of rotatable bonds is 4. The van der Waals surface area contributed by atoms with Gasteiger partial charge in [0, 0.05) is 26.1 Å². The lowest BCUT2D eigenvalue weighted by molar-refractivity contribution is -0.124. The van der Waals surface area contributed by atoms with E-state index >= 15 is 0 Å². The van der Waals surface area contributed by atoms with E-state index in [4.69, 9.17) is 4.98 Å². The molecule has 30 heavy (non-hydrogen) atoms. The first-order valence-corrected chi connectivity index (χ1v) is 11.2. The molecule has 1 aromatic rings. The van der Waals surface area contributed by atoms with Gasteiger partial charge in [-0.05, 0) is 51.1 Å². The van der Waals surface area contributed by atoms with E-state index in [0.717, 1.165) is 56.7 Å². The highest BCUT2D eigenvalue weighted by Gasteiger charge is 2.35. The van der Waals surface area contributed by atoms with Crippen LogP contribution < -0.4 is 10.6 Å². The average molecular weight is 416 g/mol. The number of likely N-dealkylation sites (N-methyl/N-ethyl adjacent to an activating group) is 1. The van der Waals surface area contributed by atoms with Crippen LogP contribution in [0.25, 0.3) is 0 Å². The second kappa shape index (κ2) is 9.33. The number of amides is 2.